The fourth-order valence-corrected chi connectivity index (χ4v) is 1.77. The Balaban J connectivity index is 2.12. The standard InChI is InChI=1S/C9H19N3O2/c1-9(14)4-6-12(7-9)5-2-3-8(13)11-10/h14H,2-7,10H2,1H3,(H,11,13). The summed E-state index contributed by atoms with van der Waals surface area (Å²) < 4.78 is 0. The van der Waals surface area contributed by atoms with Crippen molar-refractivity contribution in [2.45, 2.75) is 31.8 Å². The molecule has 5 nitrogen and oxygen atoms in total. The molecule has 1 atom stereocenters. The topological polar surface area (TPSA) is 78.6 Å². The minimum Gasteiger partial charge on any atom is -0.389 e. The summed E-state index contributed by atoms with van der Waals surface area (Å²) >= 11 is 0. The molecule has 1 rings (SSSR count). The SMILES string of the molecule is CC1(O)CCN(CCCC(=O)NN)C1. The largest absolute Gasteiger partial charge is 0.389 e. The number of carbonyl (C=O) groups excluding carboxylic acids is 1. The normalized spacial score (nSPS) is 27.9. The van der Waals surface area contributed by atoms with Crippen LogP contribution < -0.4 is 11.3 Å². The molecule has 1 amide bonds. The second-order valence-electron chi connectivity index (χ2n) is 4.19. The lowest BCUT2D eigenvalue weighted by Gasteiger charge is -2.18. The van der Waals surface area contributed by atoms with Gasteiger partial charge in [-0.3, -0.25) is 10.2 Å². The molecule has 82 valence electrons. The van der Waals surface area contributed by atoms with Gasteiger partial charge in [-0.1, -0.05) is 0 Å². The van der Waals surface area contributed by atoms with Gasteiger partial charge in [0.25, 0.3) is 0 Å². The maximum Gasteiger partial charge on any atom is 0.233 e. The smallest absolute Gasteiger partial charge is 0.233 e. The van der Waals surface area contributed by atoms with Crippen molar-refractivity contribution in [3.63, 3.8) is 0 Å². The van der Waals surface area contributed by atoms with E-state index in [1.807, 2.05) is 6.92 Å². The summed E-state index contributed by atoms with van der Waals surface area (Å²) in [4.78, 5) is 13.0. The van der Waals surface area contributed by atoms with Crippen molar-refractivity contribution in [1.29, 1.82) is 0 Å². The average molecular weight is 201 g/mol. The number of β-amino-alcohol motifs (C(OH)–C–C–N with tert-alkyl or cyclic N) is 1. The number of carbonyl (C=O) groups is 1. The van der Waals surface area contributed by atoms with Crippen molar-refractivity contribution in [2.24, 2.45) is 5.84 Å². The van der Waals surface area contributed by atoms with E-state index < -0.39 is 5.60 Å². The third-order valence-corrected chi connectivity index (χ3v) is 2.57. The molecule has 1 heterocycles. The van der Waals surface area contributed by atoms with E-state index in [0.29, 0.717) is 13.0 Å². The summed E-state index contributed by atoms with van der Waals surface area (Å²) in [5, 5.41) is 9.68. The first-order chi connectivity index (χ1) is 6.53. The molecule has 0 aromatic heterocycles. The van der Waals surface area contributed by atoms with Gasteiger partial charge in [0.2, 0.25) is 5.91 Å². The fraction of sp³-hybridized carbons (Fsp3) is 0.889. The molecule has 0 aromatic carbocycles. The number of nitrogens with zero attached hydrogens (tertiary/aromatic N) is 1. The first-order valence-corrected chi connectivity index (χ1v) is 4.98. The summed E-state index contributed by atoms with van der Waals surface area (Å²) in [7, 11) is 0. The molecule has 0 aliphatic carbocycles. The molecular formula is C9H19N3O2. The third-order valence-electron chi connectivity index (χ3n) is 2.57. The molecule has 1 saturated heterocycles. The van der Waals surface area contributed by atoms with E-state index in [1.54, 1.807) is 0 Å². The highest BCUT2D eigenvalue weighted by Crippen LogP contribution is 2.20. The Kier molecular flexibility index (Phi) is 3.86. The molecule has 0 saturated carbocycles. The lowest BCUT2D eigenvalue weighted by atomic mass is 10.1. The molecule has 5 heteroatoms. The van der Waals surface area contributed by atoms with E-state index in [-0.39, 0.29) is 5.91 Å². The van der Waals surface area contributed by atoms with E-state index in [1.165, 1.54) is 0 Å². The molecule has 0 bridgehead atoms. The van der Waals surface area contributed by atoms with Gasteiger partial charge < -0.3 is 10.0 Å². The Hall–Kier alpha value is -0.650. The van der Waals surface area contributed by atoms with Crippen LogP contribution in [0.5, 0.6) is 0 Å². The Labute approximate surface area is 84.2 Å². The van der Waals surface area contributed by atoms with Crippen LogP contribution in [-0.4, -0.2) is 41.1 Å². The van der Waals surface area contributed by atoms with Crippen LogP contribution in [0.1, 0.15) is 26.2 Å². The van der Waals surface area contributed by atoms with Gasteiger partial charge in [0.15, 0.2) is 0 Å². The second-order valence-corrected chi connectivity index (χ2v) is 4.19. The van der Waals surface area contributed by atoms with Gasteiger partial charge in [-0.15, -0.1) is 0 Å². The molecule has 14 heavy (non-hydrogen) atoms. The number of nitrogens with one attached hydrogen (secondary N) is 1. The van der Waals surface area contributed by atoms with Gasteiger partial charge in [0, 0.05) is 19.5 Å². The van der Waals surface area contributed by atoms with Crippen molar-refractivity contribution in [3.8, 4) is 0 Å². The molecule has 1 aliphatic heterocycles. The average Bonchev–Trinajstić information content (AvgIpc) is 2.45. The van der Waals surface area contributed by atoms with E-state index >= 15 is 0 Å². The summed E-state index contributed by atoms with van der Waals surface area (Å²) in [6.45, 7) is 4.32. The fourth-order valence-electron chi connectivity index (χ4n) is 1.77. The minimum atomic E-state index is -0.546. The molecule has 0 spiro atoms. The Morgan fingerprint density at radius 1 is 1.71 bits per heavy atom. The summed E-state index contributed by atoms with van der Waals surface area (Å²) in [6, 6.07) is 0. The van der Waals surface area contributed by atoms with Gasteiger partial charge in [-0.2, -0.15) is 0 Å². The summed E-state index contributed by atoms with van der Waals surface area (Å²) in [5.74, 6) is 4.83. The highest BCUT2D eigenvalue weighted by molar-refractivity contribution is 5.75. The number of rotatable bonds is 4. The third kappa shape index (κ3) is 3.61. The first kappa shape index (κ1) is 11.4. The van der Waals surface area contributed by atoms with Gasteiger partial charge in [-0.05, 0) is 26.3 Å². The van der Waals surface area contributed by atoms with Crippen LogP contribution in [0.3, 0.4) is 0 Å². The lowest BCUT2D eigenvalue weighted by molar-refractivity contribution is -0.121. The highest BCUT2D eigenvalue weighted by Gasteiger charge is 2.30. The van der Waals surface area contributed by atoms with Crippen LogP contribution in [0.4, 0.5) is 0 Å². The molecular weight excluding hydrogens is 182 g/mol. The monoisotopic (exact) mass is 201 g/mol. The molecule has 4 N–H and O–H groups in total. The van der Waals surface area contributed by atoms with E-state index in [9.17, 15) is 9.90 Å². The van der Waals surface area contributed by atoms with Gasteiger partial charge in [0.1, 0.15) is 0 Å². The Morgan fingerprint density at radius 3 is 2.93 bits per heavy atom. The van der Waals surface area contributed by atoms with Crippen LogP contribution in [-0.2, 0) is 4.79 Å². The minimum absolute atomic E-state index is 0.129. The summed E-state index contributed by atoms with van der Waals surface area (Å²) in [6.07, 6.45) is 2.06. The Bertz CT molecular complexity index is 206. The highest BCUT2D eigenvalue weighted by atomic mass is 16.3. The molecule has 0 aromatic rings. The number of amides is 1. The summed E-state index contributed by atoms with van der Waals surface area (Å²) in [5.41, 5.74) is 1.55. The number of aliphatic hydroxyl groups is 1. The maximum atomic E-state index is 10.8. The first-order valence-electron chi connectivity index (χ1n) is 4.98. The van der Waals surface area contributed by atoms with Crippen LogP contribution >= 0.6 is 0 Å². The number of hydrogen-bond acceptors (Lipinski definition) is 4. The Morgan fingerprint density at radius 2 is 2.43 bits per heavy atom. The number of likely N-dealkylation sites (tertiary alicyclic amines) is 1. The van der Waals surface area contributed by atoms with Gasteiger partial charge >= 0.3 is 0 Å². The number of hydrogen-bond donors (Lipinski definition) is 3. The van der Waals surface area contributed by atoms with Crippen molar-refractivity contribution in [3.05, 3.63) is 0 Å². The predicted molar refractivity (Wildman–Crippen MR) is 53.2 cm³/mol. The van der Waals surface area contributed by atoms with E-state index in [0.717, 1.165) is 25.9 Å². The van der Waals surface area contributed by atoms with Gasteiger partial charge in [-0.25, -0.2) is 5.84 Å². The number of hydrazine groups is 1. The molecule has 1 fully saturated rings. The van der Waals surface area contributed by atoms with E-state index in [4.69, 9.17) is 5.84 Å². The van der Waals surface area contributed by atoms with Crippen LogP contribution in [0, 0.1) is 0 Å². The zero-order valence-electron chi connectivity index (χ0n) is 8.62. The van der Waals surface area contributed by atoms with Crippen LogP contribution in [0.25, 0.3) is 0 Å². The zero-order valence-corrected chi connectivity index (χ0v) is 8.62. The van der Waals surface area contributed by atoms with Crippen molar-refractivity contribution >= 4 is 5.91 Å². The van der Waals surface area contributed by atoms with Crippen molar-refractivity contribution in [1.82, 2.24) is 10.3 Å². The quantitative estimate of drug-likeness (QED) is 0.316. The van der Waals surface area contributed by atoms with Gasteiger partial charge in [0.05, 0.1) is 5.60 Å². The second kappa shape index (κ2) is 4.72. The molecule has 1 aliphatic rings. The number of nitrogens with two attached hydrogens (primary N) is 1. The maximum absolute atomic E-state index is 10.8. The zero-order chi connectivity index (χ0) is 10.6. The van der Waals surface area contributed by atoms with Crippen LogP contribution in [0.2, 0.25) is 0 Å². The van der Waals surface area contributed by atoms with Crippen molar-refractivity contribution < 1.29 is 9.90 Å². The molecule has 0 radical (unpaired) electrons. The van der Waals surface area contributed by atoms with E-state index in [2.05, 4.69) is 10.3 Å². The molecule has 1 unspecified atom stereocenters. The predicted octanol–water partition coefficient (Wildman–Crippen LogP) is -0.787. The van der Waals surface area contributed by atoms with Crippen molar-refractivity contribution in [2.75, 3.05) is 19.6 Å². The van der Waals surface area contributed by atoms with Crippen LogP contribution in [0.15, 0.2) is 0 Å². The lowest BCUT2D eigenvalue weighted by Crippen LogP contribution is -2.32.